The predicted octanol–water partition coefficient (Wildman–Crippen LogP) is 1.37. The smallest absolute Gasteiger partial charge is 0.0872 e. The molecule has 48 valence electrons. The molecule has 0 heterocycles. The molecule has 0 fully saturated rings. The van der Waals surface area contributed by atoms with Crippen LogP contribution in [0.5, 0.6) is 0 Å². The number of aryl methyl sites for hydroxylation is 1. The summed E-state index contributed by atoms with van der Waals surface area (Å²) < 4.78 is 0. The van der Waals surface area contributed by atoms with Gasteiger partial charge in [-0.15, -0.1) is 0 Å². The Bertz CT molecular complexity index is 198. The molecular formula is C8H10BY. The van der Waals surface area contributed by atoms with Crippen molar-refractivity contribution in [2.45, 2.75) is 13.7 Å². The van der Waals surface area contributed by atoms with E-state index in [1.807, 2.05) is 0 Å². The van der Waals surface area contributed by atoms with Gasteiger partial charge in [0.25, 0.3) is 0 Å². The van der Waals surface area contributed by atoms with Crippen molar-refractivity contribution >= 4 is 12.7 Å². The molecule has 0 spiro atoms. The topological polar surface area (TPSA) is 0 Å². The summed E-state index contributed by atoms with van der Waals surface area (Å²) in [6.45, 7) is 4.18. The van der Waals surface area contributed by atoms with Crippen molar-refractivity contribution in [3.05, 3.63) is 29.8 Å². The minimum absolute atomic E-state index is 0. The van der Waals surface area contributed by atoms with E-state index in [1.54, 1.807) is 0 Å². The summed E-state index contributed by atoms with van der Waals surface area (Å²) in [5.41, 5.74) is 2.68. The Morgan fingerprint density at radius 3 is 2.20 bits per heavy atom. The Hall–Kier alpha value is 0.389. The summed E-state index contributed by atoms with van der Waals surface area (Å²) in [5, 5.41) is 0. The van der Waals surface area contributed by atoms with Crippen molar-refractivity contribution < 1.29 is 32.7 Å². The molecule has 0 amide bonds. The molecule has 1 aromatic rings. The van der Waals surface area contributed by atoms with Crippen LogP contribution in [0, 0.1) is 6.92 Å². The fourth-order valence-corrected chi connectivity index (χ4v) is 0.911. The zero-order chi connectivity index (χ0) is 6.69. The average molecular weight is 206 g/mol. The molecule has 0 saturated carbocycles. The standard InChI is InChI=1S/C8H10B.Y/c1-7-5-3-4-6-8(7)9-2;/h3-6H,1-2H3;. The first-order chi connectivity index (χ1) is 4.34. The Morgan fingerprint density at radius 1 is 1.20 bits per heavy atom. The van der Waals surface area contributed by atoms with Gasteiger partial charge in [0.15, 0.2) is 0 Å². The molecule has 10 heavy (non-hydrogen) atoms. The van der Waals surface area contributed by atoms with Crippen LogP contribution in [0.4, 0.5) is 0 Å². The van der Waals surface area contributed by atoms with E-state index in [0.29, 0.717) is 0 Å². The van der Waals surface area contributed by atoms with Crippen LogP contribution in [0.2, 0.25) is 6.82 Å². The molecule has 0 nitrogen and oxygen atoms in total. The molecule has 0 aliphatic rings. The summed E-state index contributed by atoms with van der Waals surface area (Å²) in [4.78, 5) is 0. The zero-order valence-corrected chi connectivity index (χ0v) is 9.30. The van der Waals surface area contributed by atoms with E-state index in [0.717, 1.165) is 0 Å². The van der Waals surface area contributed by atoms with Crippen LogP contribution in [0.1, 0.15) is 5.56 Å². The fraction of sp³-hybridized carbons (Fsp3) is 0.250. The molecule has 0 atom stereocenters. The van der Waals surface area contributed by atoms with Gasteiger partial charge >= 0.3 is 0 Å². The molecule has 1 aromatic carbocycles. The van der Waals surface area contributed by atoms with Crippen molar-refractivity contribution in [1.29, 1.82) is 0 Å². The fourth-order valence-electron chi connectivity index (χ4n) is 0.911. The van der Waals surface area contributed by atoms with Gasteiger partial charge in [0.1, 0.15) is 7.28 Å². The van der Waals surface area contributed by atoms with Crippen LogP contribution < -0.4 is 5.46 Å². The molecule has 2 heteroatoms. The first-order valence-corrected chi connectivity index (χ1v) is 3.19. The van der Waals surface area contributed by atoms with Crippen LogP contribution in [-0.4, -0.2) is 7.28 Å². The van der Waals surface area contributed by atoms with Crippen molar-refractivity contribution in [2.75, 3.05) is 0 Å². The second kappa shape index (κ2) is 5.09. The van der Waals surface area contributed by atoms with Gasteiger partial charge in [-0.3, -0.25) is 0 Å². The molecule has 0 aliphatic heterocycles. The molecule has 0 N–H and O–H groups in total. The van der Waals surface area contributed by atoms with E-state index in [-0.39, 0.29) is 32.7 Å². The number of hydrogen-bond acceptors (Lipinski definition) is 0. The van der Waals surface area contributed by atoms with Crippen LogP contribution in [0.15, 0.2) is 24.3 Å². The average Bonchev–Trinajstić information content (AvgIpc) is 1.89. The Kier molecular flexibility index (Phi) is 5.29. The summed E-state index contributed by atoms with van der Waals surface area (Å²) in [7, 11) is 2.12. The Labute approximate surface area is 88.5 Å². The number of benzene rings is 1. The maximum atomic E-state index is 2.12. The van der Waals surface area contributed by atoms with Gasteiger partial charge in [-0.05, 0) is 6.92 Å². The van der Waals surface area contributed by atoms with Gasteiger partial charge in [-0.2, -0.15) is 0 Å². The minimum atomic E-state index is 0. The summed E-state index contributed by atoms with van der Waals surface area (Å²) in [6, 6.07) is 8.36. The maximum absolute atomic E-state index is 2.12. The van der Waals surface area contributed by atoms with E-state index in [9.17, 15) is 0 Å². The Morgan fingerprint density at radius 2 is 1.80 bits per heavy atom. The third-order valence-corrected chi connectivity index (χ3v) is 1.50. The van der Waals surface area contributed by atoms with E-state index in [2.05, 4.69) is 45.3 Å². The molecular weight excluding hydrogens is 196 g/mol. The third kappa shape index (κ3) is 2.55. The second-order valence-electron chi connectivity index (χ2n) is 2.15. The van der Waals surface area contributed by atoms with Crippen LogP contribution in [0.3, 0.4) is 0 Å². The van der Waals surface area contributed by atoms with Crippen molar-refractivity contribution in [2.24, 2.45) is 0 Å². The molecule has 0 unspecified atom stereocenters. The minimum Gasteiger partial charge on any atom is -0.0872 e. The van der Waals surface area contributed by atoms with Crippen molar-refractivity contribution in [3.8, 4) is 0 Å². The predicted molar refractivity (Wildman–Crippen MR) is 42.4 cm³/mol. The van der Waals surface area contributed by atoms with Gasteiger partial charge in [0.05, 0.1) is 0 Å². The van der Waals surface area contributed by atoms with Gasteiger partial charge in [-0.25, -0.2) is 0 Å². The number of hydrogen-bond donors (Lipinski definition) is 0. The molecule has 0 bridgehead atoms. The summed E-state index contributed by atoms with van der Waals surface area (Å²) in [6.07, 6.45) is 0. The van der Waals surface area contributed by atoms with E-state index >= 15 is 0 Å². The quantitative estimate of drug-likeness (QED) is 0.608. The van der Waals surface area contributed by atoms with Crippen molar-refractivity contribution in [1.82, 2.24) is 0 Å². The van der Waals surface area contributed by atoms with Crippen molar-refractivity contribution in [3.63, 3.8) is 0 Å². The van der Waals surface area contributed by atoms with E-state index < -0.39 is 0 Å². The Balaban J connectivity index is 0.000000810. The first-order valence-electron chi connectivity index (χ1n) is 3.19. The van der Waals surface area contributed by atoms with Gasteiger partial charge in [0, 0.05) is 32.7 Å². The SMILES string of the molecule is C[B]c1ccccc1C.[Y]. The van der Waals surface area contributed by atoms with Gasteiger partial charge < -0.3 is 0 Å². The molecule has 0 saturated heterocycles. The van der Waals surface area contributed by atoms with E-state index in [1.165, 1.54) is 11.0 Å². The monoisotopic (exact) mass is 206 g/mol. The first kappa shape index (κ1) is 10.4. The molecule has 0 aliphatic carbocycles. The van der Waals surface area contributed by atoms with Gasteiger partial charge in [0.2, 0.25) is 0 Å². The zero-order valence-electron chi connectivity index (χ0n) is 6.46. The molecule has 1 rings (SSSR count). The van der Waals surface area contributed by atoms with E-state index in [4.69, 9.17) is 0 Å². The third-order valence-electron chi connectivity index (χ3n) is 1.50. The molecule has 2 radical (unpaired) electrons. The normalized spacial score (nSPS) is 8.20. The second-order valence-corrected chi connectivity index (χ2v) is 2.15. The van der Waals surface area contributed by atoms with Crippen LogP contribution >= 0.6 is 0 Å². The summed E-state index contributed by atoms with van der Waals surface area (Å²) in [5.74, 6) is 0. The largest absolute Gasteiger partial charge is 0.148 e. The molecule has 0 aromatic heterocycles. The summed E-state index contributed by atoms with van der Waals surface area (Å²) >= 11 is 0. The van der Waals surface area contributed by atoms with Crippen LogP contribution in [-0.2, 0) is 32.7 Å². The maximum Gasteiger partial charge on any atom is 0.148 e. The number of rotatable bonds is 1. The van der Waals surface area contributed by atoms with Gasteiger partial charge in [-0.1, -0.05) is 42.1 Å². The van der Waals surface area contributed by atoms with Crippen LogP contribution in [0.25, 0.3) is 0 Å².